The minimum atomic E-state index is 0.408. The van der Waals surface area contributed by atoms with Gasteiger partial charge >= 0.3 is 0 Å². The van der Waals surface area contributed by atoms with Gasteiger partial charge in [-0.2, -0.15) is 0 Å². The highest BCUT2D eigenvalue weighted by molar-refractivity contribution is 5.54. The highest BCUT2D eigenvalue weighted by Gasteiger charge is 2.30. The summed E-state index contributed by atoms with van der Waals surface area (Å²) in [7, 11) is 1.71. The second kappa shape index (κ2) is 13.9. The summed E-state index contributed by atoms with van der Waals surface area (Å²) in [6, 6.07) is 8.49. The quantitative estimate of drug-likeness (QED) is 0.401. The van der Waals surface area contributed by atoms with Gasteiger partial charge < -0.3 is 9.53 Å². The van der Waals surface area contributed by atoms with Crippen molar-refractivity contribution in [1.82, 2.24) is 0 Å². The monoisotopic (exact) mass is 414 g/mol. The minimum Gasteiger partial charge on any atom is -0.497 e. The number of carbonyl (C=O) groups is 1. The van der Waals surface area contributed by atoms with Crippen molar-refractivity contribution in [1.29, 1.82) is 0 Å². The highest BCUT2D eigenvalue weighted by atomic mass is 16.5. The van der Waals surface area contributed by atoms with Crippen LogP contribution in [0.4, 0.5) is 0 Å². The maximum atomic E-state index is 11.3. The van der Waals surface area contributed by atoms with Crippen LogP contribution in [-0.4, -0.2) is 13.4 Å². The summed E-state index contributed by atoms with van der Waals surface area (Å²) >= 11 is 0. The molecule has 2 nitrogen and oxygen atoms in total. The third-order valence-corrected chi connectivity index (χ3v) is 7.38. The van der Waals surface area contributed by atoms with Crippen molar-refractivity contribution >= 4 is 6.29 Å². The fourth-order valence-electron chi connectivity index (χ4n) is 5.63. The van der Waals surface area contributed by atoms with E-state index in [1.165, 1.54) is 88.9 Å². The van der Waals surface area contributed by atoms with E-state index < -0.39 is 0 Å². The molecule has 2 fully saturated rings. The number of hydrogen-bond acceptors (Lipinski definition) is 2. The van der Waals surface area contributed by atoms with Gasteiger partial charge in [0, 0.05) is 5.92 Å². The van der Waals surface area contributed by atoms with Gasteiger partial charge in [0.1, 0.15) is 12.0 Å². The summed E-state index contributed by atoms with van der Waals surface area (Å²) in [6.45, 7) is 6.83. The average Bonchev–Trinajstić information content (AvgIpc) is 2.80. The molecule has 2 heteroatoms. The lowest BCUT2D eigenvalue weighted by atomic mass is 9.70. The molecule has 1 aromatic rings. The van der Waals surface area contributed by atoms with E-state index in [4.69, 9.17) is 4.74 Å². The van der Waals surface area contributed by atoms with E-state index in [0.29, 0.717) is 11.8 Å². The van der Waals surface area contributed by atoms with Gasteiger partial charge in [0.2, 0.25) is 0 Å². The summed E-state index contributed by atoms with van der Waals surface area (Å²) in [6.07, 6.45) is 17.3. The lowest BCUT2D eigenvalue weighted by Crippen LogP contribution is -2.28. The molecule has 0 amide bonds. The van der Waals surface area contributed by atoms with Gasteiger partial charge in [-0.25, -0.2) is 0 Å². The van der Waals surface area contributed by atoms with Crippen molar-refractivity contribution in [3.05, 3.63) is 29.8 Å². The molecule has 1 unspecified atom stereocenters. The topological polar surface area (TPSA) is 26.3 Å². The first-order valence-electron chi connectivity index (χ1n) is 12.7. The standard InChI is InChI=1S/C14H24O.C14H22O/c15-11-14(12-7-3-1-4-8-12)13-9-5-2-6-10-13;1-5-12(10-11(2)3)13-6-8-14(15-4)9-7-13/h11-14H,1-10H2;6-9,11-12H,5,10H2,1-4H3. The number of hydrogen-bond donors (Lipinski definition) is 0. The normalized spacial score (nSPS) is 19.3. The molecule has 0 aromatic heterocycles. The summed E-state index contributed by atoms with van der Waals surface area (Å²) in [5.41, 5.74) is 1.44. The van der Waals surface area contributed by atoms with E-state index in [-0.39, 0.29) is 0 Å². The van der Waals surface area contributed by atoms with Crippen LogP contribution in [0.25, 0.3) is 0 Å². The van der Waals surface area contributed by atoms with Gasteiger partial charge in [0.05, 0.1) is 7.11 Å². The molecular weight excluding hydrogens is 368 g/mol. The zero-order chi connectivity index (χ0) is 21.8. The Morgan fingerprint density at radius 3 is 1.77 bits per heavy atom. The SMILES string of the molecule is CCC(CC(C)C)c1ccc(OC)cc1.O=CC(C1CCCCC1)C1CCCCC1. The fourth-order valence-corrected chi connectivity index (χ4v) is 5.63. The van der Waals surface area contributed by atoms with E-state index in [9.17, 15) is 4.79 Å². The molecule has 3 rings (SSSR count). The molecule has 2 aliphatic carbocycles. The fraction of sp³-hybridized carbons (Fsp3) is 0.750. The summed E-state index contributed by atoms with van der Waals surface area (Å²) in [5, 5.41) is 0. The van der Waals surface area contributed by atoms with Crippen molar-refractivity contribution in [2.24, 2.45) is 23.7 Å². The van der Waals surface area contributed by atoms with Crippen LogP contribution in [0.2, 0.25) is 0 Å². The number of methoxy groups -OCH3 is 1. The van der Waals surface area contributed by atoms with Gasteiger partial charge in [-0.3, -0.25) is 0 Å². The molecule has 0 saturated heterocycles. The first-order valence-corrected chi connectivity index (χ1v) is 12.7. The maximum absolute atomic E-state index is 11.3. The van der Waals surface area contributed by atoms with E-state index in [1.54, 1.807) is 7.11 Å². The lowest BCUT2D eigenvalue weighted by molar-refractivity contribution is -0.115. The second-order valence-electron chi connectivity index (χ2n) is 10.0. The van der Waals surface area contributed by atoms with Crippen LogP contribution < -0.4 is 4.74 Å². The first-order chi connectivity index (χ1) is 14.6. The number of ether oxygens (including phenoxy) is 1. The van der Waals surface area contributed by atoms with Crippen LogP contribution in [0.5, 0.6) is 5.75 Å². The Kier molecular flexibility index (Phi) is 11.6. The molecule has 0 radical (unpaired) electrons. The summed E-state index contributed by atoms with van der Waals surface area (Å²) in [5.74, 6) is 4.27. The van der Waals surface area contributed by atoms with Crippen LogP contribution >= 0.6 is 0 Å². The minimum absolute atomic E-state index is 0.408. The van der Waals surface area contributed by atoms with Gasteiger partial charge in [-0.05, 0) is 79.9 Å². The molecule has 0 N–H and O–H groups in total. The molecule has 0 aliphatic heterocycles. The second-order valence-corrected chi connectivity index (χ2v) is 10.0. The number of aldehydes is 1. The largest absolute Gasteiger partial charge is 0.497 e. The number of benzene rings is 1. The van der Waals surface area contributed by atoms with Crippen molar-refractivity contribution < 1.29 is 9.53 Å². The van der Waals surface area contributed by atoms with Crippen molar-refractivity contribution in [3.8, 4) is 5.75 Å². The van der Waals surface area contributed by atoms with E-state index in [0.717, 1.165) is 23.5 Å². The Balaban J connectivity index is 0.000000214. The Bertz CT molecular complexity index is 547. The molecule has 1 aromatic carbocycles. The van der Waals surface area contributed by atoms with Crippen molar-refractivity contribution in [2.45, 2.75) is 104 Å². The van der Waals surface area contributed by atoms with E-state index in [2.05, 4.69) is 45.0 Å². The van der Waals surface area contributed by atoms with Gasteiger partial charge in [0.15, 0.2) is 0 Å². The molecule has 0 bridgehead atoms. The Morgan fingerprint density at radius 2 is 1.40 bits per heavy atom. The lowest BCUT2D eigenvalue weighted by Gasteiger charge is -2.34. The van der Waals surface area contributed by atoms with Gasteiger partial charge in [0.25, 0.3) is 0 Å². The first kappa shape index (κ1) is 25.0. The molecule has 170 valence electrons. The predicted molar refractivity (Wildman–Crippen MR) is 128 cm³/mol. The summed E-state index contributed by atoms with van der Waals surface area (Å²) < 4.78 is 5.16. The molecule has 1 atom stereocenters. The van der Waals surface area contributed by atoms with Gasteiger partial charge in [-0.15, -0.1) is 0 Å². The average molecular weight is 415 g/mol. The third-order valence-electron chi connectivity index (χ3n) is 7.38. The zero-order valence-electron chi connectivity index (χ0n) is 20.1. The van der Waals surface area contributed by atoms with Gasteiger partial charge in [-0.1, -0.05) is 71.4 Å². The molecule has 2 aliphatic rings. The van der Waals surface area contributed by atoms with Crippen LogP contribution in [0.1, 0.15) is 109 Å². The van der Waals surface area contributed by atoms with Crippen LogP contribution in [0.15, 0.2) is 24.3 Å². The predicted octanol–water partition coefficient (Wildman–Crippen LogP) is 8.20. The third kappa shape index (κ3) is 8.08. The summed E-state index contributed by atoms with van der Waals surface area (Å²) in [4.78, 5) is 11.3. The Hall–Kier alpha value is -1.31. The number of carbonyl (C=O) groups excluding carboxylic acids is 1. The molecule has 30 heavy (non-hydrogen) atoms. The highest BCUT2D eigenvalue weighted by Crippen LogP contribution is 2.38. The van der Waals surface area contributed by atoms with Crippen LogP contribution in [0, 0.1) is 23.7 Å². The number of rotatable bonds is 8. The molecular formula is C28H46O2. The molecule has 0 spiro atoms. The molecule has 0 heterocycles. The molecule has 2 saturated carbocycles. The Labute approximate surface area is 186 Å². The van der Waals surface area contributed by atoms with E-state index in [1.807, 2.05) is 0 Å². The zero-order valence-corrected chi connectivity index (χ0v) is 20.1. The van der Waals surface area contributed by atoms with E-state index >= 15 is 0 Å². The van der Waals surface area contributed by atoms with Crippen molar-refractivity contribution in [2.75, 3.05) is 7.11 Å². The Morgan fingerprint density at radius 1 is 0.900 bits per heavy atom. The van der Waals surface area contributed by atoms with Crippen molar-refractivity contribution in [3.63, 3.8) is 0 Å². The van der Waals surface area contributed by atoms with Crippen LogP contribution in [0.3, 0.4) is 0 Å². The maximum Gasteiger partial charge on any atom is 0.123 e. The van der Waals surface area contributed by atoms with Crippen LogP contribution in [-0.2, 0) is 4.79 Å². The smallest absolute Gasteiger partial charge is 0.123 e.